The number of halogens is 1. The second-order valence-electron chi connectivity index (χ2n) is 5.64. The number of carbonyl (C=O) groups is 1. The van der Waals surface area contributed by atoms with Gasteiger partial charge in [-0.05, 0) is 39.2 Å². The van der Waals surface area contributed by atoms with Crippen LogP contribution in [0, 0.1) is 0 Å². The second-order valence-corrected chi connectivity index (χ2v) is 6.02. The van der Waals surface area contributed by atoms with Crippen molar-refractivity contribution >= 4 is 17.6 Å². The van der Waals surface area contributed by atoms with Gasteiger partial charge in [-0.25, -0.2) is 0 Å². The number of piperidine rings is 1. The van der Waals surface area contributed by atoms with Gasteiger partial charge in [0.05, 0.1) is 16.4 Å². The Labute approximate surface area is 124 Å². The highest BCUT2D eigenvalue weighted by Crippen LogP contribution is 2.31. The second kappa shape index (κ2) is 5.74. The number of carboxylic acids is 1. The molecule has 1 aliphatic heterocycles. The molecule has 112 valence electrons. The van der Waals surface area contributed by atoms with E-state index in [1.54, 1.807) is 11.6 Å². The molecule has 2 heterocycles. The maximum Gasteiger partial charge on any atom is 0.323 e. The van der Waals surface area contributed by atoms with Gasteiger partial charge < -0.3 is 5.11 Å². The Bertz CT molecular complexity index is 515. The van der Waals surface area contributed by atoms with E-state index in [4.69, 9.17) is 11.6 Å². The average molecular weight is 300 g/mol. The summed E-state index contributed by atoms with van der Waals surface area (Å²) in [5.41, 5.74) is 0.967. The van der Waals surface area contributed by atoms with Crippen molar-refractivity contribution in [3.63, 3.8) is 0 Å². The van der Waals surface area contributed by atoms with Gasteiger partial charge in [0.25, 0.3) is 0 Å². The van der Waals surface area contributed by atoms with E-state index in [2.05, 4.69) is 5.10 Å². The molecular formula is C14H22ClN3O2. The Morgan fingerprint density at radius 1 is 1.50 bits per heavy atom. The molecule has 1 N–H and O–H groups in total. The van der Waals surface area contributed by atoms with E-state index in [0.717, 1.165) is 37.2 Å². The van der Waals surface area contributed by atoms with Crippen LogP contribution in [0.3, 0.4) is 0 Å². The molecule has 0 saturated carbocycles. The van der Waals surface area contributed by atoms with Gasteiger partial charge in [0.2, 0.25) is 0 Å². The molecule has 0 spiro atoms. The lowest BCUT2D eigenvalue weighted by Crippen LogP contribution is -2.54. The number of aryl methyl sites for hydroxylation is 2. The first-order valence-electron chi connectivity index (χ1n) is 7.08. The maximum atomic E-state index is 11.6. The molecule has 1 unspecified atom stereocenters. The predicted octanol–water partition coefficient (Wildman–Crippen LogP) is 2.47. The number of nitrogens with zero attached hydrogens (tertiary/aromatic N) is 3. The number of likely N-dealkylation sites (tertiary alicyclic amines) is 1. The van der Waals surface area contributed by atoms with Crippen molar-refractivity contribution in [2.24, 2.45) is 7.05 Å². The number of hydrogen-bond acceptors (Lipinski definition) is 3. The number of aliphatic carboxylic acids is 1. The van der Waals surface area contributed by atoms with Crippen LogP contribution in [0.4, 0.5) is 0 Å². The summed E-state index contributed by atoms with van der Waals surface area (Å²) in [5, 5.41) is 14.6. The minimum absolute atomic E-state index is 0.533. The van der Waals surface area contributed by atoms with Crippen LogP contribution in [0.15, 0.2) is 0 Å². The monoisotopic (exact) mass is 299 g/mol. The van der Waals surface area contributed by atoms with Crippen molar-refractivity contribution in [1.82, 2.24) is 14.7 Å². The Morgan fingerprint density at radius 2 is 2.20 bits per heavy atom. The van der Waals surface area contributed by atoms with Gasteiger partial charge in [-0.2, -0.15) is 5.10 Å². The van der Waals surface area contributed by atoms with Gasteiger partial charge in [0.15, 0.2) is 0 Å². The van der Waals surface area contributed by atoms with Crippen molar-refractivity contribution in [3.8, 4) is 0 Å². The Balaban J connectivity index is 2.28. The molecule has 1 aromatic heterocycles. The van der Waals surface area contributed by atoms with Crippen molar-refractivity contribution in [3.05, 3.63) is 16.4 Å². The van der Waals surface area contributed by atoms with Gasteiger partial charge in [0.1, 0.15) is 5.54 Å². The zero-order valence-corrected chi connectivity index (χ0v) is 13.1. The highest BCUT2D eigenvalue weighted by atomic mass is 35.5. The fourth-order valence-corrected chi connectivity index (χ4v) is 3.20. The lowest BCUT2D eigenvalue weighted by atomic mass is 9.88. The smallest absolute Gasteiger partial charge is 0.323 e. The highest BCUT2D eigenvalue weighted by Gasteiger charge is 2.41. The number of aromatic nitrogens is 2. The fourth-order valence-electron chi connectivity index (χ4n) is 2.84. The third-order valence-corrected chi connectivity index (χ3v) is 4.78. The molecule has 1 saturated heterocycles. The molecule has 0 bridgehead atoms. The van der Waals surface area contributed by atoms with Crippen LogP contribution in [0.5, 0.6) is 0 Å². The Kier molecular flexibility index (Phi) is 4.39. The first kappa shape index (κ1) is 15.3. The summed E-state index contributed by atoms with van der Waals surface area (Å²) < 4.78 is 1.78. The van der Waals surface area contributed by atoms with Crippen LogP contribution in [0.1, 0.15) is 44.5 Å². The first-order valence-corrected chi connectivity index (χ1v) is 7.46. The largest absolute Gasteiger partial charge is 0.480 e. The van der Waals surface area contributed by atoms with Gasteiger partial charge >= 0.3 is 5.97 Å². The van der Waals surface area contributed by atoms with Crippen molar-refractivity contribution in [2.75, 3.05) is 6.54 Å². The summed E-state index contributed by atoms with van der Waals surface area (Å²) >= 11 is 6.36. The number of rotatable bonds is 4. The summed E-state index contributed by atoms with van der Waals surface area (Å²) in [6, 6.07) is 0. The van der Waals surface area contributed by atoms with Gasteiger partial charge in [-0.3, -0.25) is 14.4 Å². The van der Waals surface area contributed by atoms with Crippen LogP contribution in [0.25, 0.3) is 0 Å². The molecule has 20 heavy (non-hydrogen) atoms. The van der Waals surface area contributed by atoms with E-state index in [0.29, 0.717) is 18.0 Å². The molecule has 1 aliphatic rings. The third-order valence-electron chi connectivity index (χ3n) is 4.34. The van der Waals surface area contributed by atoms with E-state index < -0.39 is 11.5 Å². The molecule has 0 aliphatic carbocycles. The highest BCUT2D eigenvalue weighted by molar-refractivity contribution is 6.31. The lowest BCUT2D eigenvalue weighted by Gasteiger charge is -2.41. The quantitative estimate of drug-likeness (QED) is 0.928. The molecule has 0 amide bonds. The molecule has 2 rings (SSSR count). The summed E-state index contributed by atoms with van der Waals surface area (Å²) in [6.45, 7) is 5.14. The summed E-state index contributed by atoms with van der Waals surface area (Å²) in [4.78, 5) is 13.6. The average Bonchev–Trinajstić information content (AvgIpc) is 2.68. The number of carboxylic acid groups (broad SMARTS) is 1. The van der Waals surface area contributed by atoms with Crippen LogP contribution in [0.2, 0.25) is 5.02 Å². The van der Waals surface area contributed by atoms with E-state index in [-0.39, 0.29) is 0 Å². The van der Waals surface area contributed by atoms with Gasteiger partial charge in [0, 0.05) is 13.6 Å². The molecule has 5 nitrogen and oxygen atoms in total. The maximum absolute atomic E-state index is 11.6. The summed E-state index contributed by atoms with van der Waals surface area (Å²) in [6.07, 6.45) is 3.44. The zero-order chi connectivity index (χ0) is 14.9. The first-order chi connectivity index (χ1) is 9.40. The Hall–Kier alpha value is -1.07. The van der Waals surface area contributed by atoms with E-state index >= 15 is 0 Å². The fraction of sp³-hybridized carbons (Fsp3) is 0.714. The van der Waals surface area contributed by atoms with Crippen LogP contribution in [-0.4, -0.2) is 37.8 Å². The topological polar surface area (TPSA) is 58.4 Å². The molecule has 6 heteroatoms. The van der Waals surface area contributed by atoms with Gasteiger partial charge in [-0.15, -0.1) is 0 Å². The predicted molar refractivity (Wildman–Crippen MR) is 77.9 cm³/mol. The zero-order valence-electron chi connectivity index (χ0n) is 12.3. The summed E-state index contributed by atoms with van der Waals surface area (Å²) in [5.74, 6) is -0.758. The number of hydrogen-bond donors (Lipinski definition) is 1. The molecule has 1 atom stereocenters. The SMILES string of the molecule is CCc1nn(C)c(CN2CCCCC2(C)C(=O)O)c1Cl. The van der Waals surface area contributed by atoms with Gasteiger partial charge in [-0.1, -0.05) is 18.5 Å². The van der Waals surface area contributed by atoms with Crippen LogP contribution in [-0.2, 0) is 24.8 Å². The molecule has 1 fully saturated rings. The minimum Gasteiger partial charge on any atom is -0.480 e. The normalized spacial score (nSPS) is 24.0. The van der Waals surface area contributed by atoms with Crippen LogP contribution < -0.4 is 0 Å². The Morgan fingerprint density at radius 3 is 2.75 bits per heavy atom. The van der Waals surface area contributed by atoms with Crippen molar-refractivity contribution in [2.45, 2.75) is 51.6 Å². The molecule has 1 aromatic rings. The third kappa shape index (κ3) is 2.56. The van der Waals surface area contributed by atoms with E-state index in [1.165, 1.54) is 0 Å². The van der Waals surface area contributed by atoms with E-state index in [9.17, 15) is 9.90 Å². The molecular weight excluding hydrogens is 278 g/mol. The summed E-state index contributed by atoms with van der Waals surface area (Å²) in [7, 11) is 1.86. The standard InChI is InChI=1S/C14H22ClN3O2/c1-4-10-12(15)11(17(3)16-10)9-18-8-6-5-7-14(18,2)13(19)20/h4-9H2,1-3H3,(H,19,20). The lowest BCUT2D eigenvalue weighted by molar-refractivity contribution is -0.153. The van der Waals surface area contributed by atoms with Crippen LogP contribution >= 0.6 is 11.6 Å². The minimum atomic E-state index is -0.807. The van der Waals surface area contributed by atoms with Crippen molar-refractivity contribution in [1.29, 1.82) is 0 Å². The molecule has 0 radical (unpaired) electrons. The molecule has 0 aromatic carbocycles. The van der Waals surface area contributed by atoms with Crippen molar-refractivity contribution < 1.29 is 9.90 Å². The van der Waals surface area contributed by atoms with E-state index in [1.807, 2.05) is 18.9 Å².